The summed E-state index contributed by atoms with van der Waals surface area (Å²) in [6.07, 6.45) is -11.1. The molecule has 2 aromatic rings. The first-order chi connectivity index (χ1) is 9.50. The molecular weight excluding hydrogens is 304 g/mol. The molecule has 2 rings (SSSR count). The topological polar surface area (TPSA) is 74.7 Å². The number of aromatic nitrogens is 2. The van der Waals surface area contributed by atoms with Gasteiger partial charge in [-0.3, -0.25) is 0 Å². The number of benzene rings is 1. The van der Waals surface area contributed by atoms with Gasteiger partial charge in [0.05, 0.1) is 17.1 Å². The molecule has 0 saturated carbocycles. The van der Waals surface area contributed by atoms with Crippen molar-refractivity contribution >= 4 is 11.0 Å². The Bertz CT molecular complexity index is 684. The van der Waals surface area contributed by atoms with E-state index in [1.165, 1.54) is 6.07 Å². The monoisotopic (exact) mass is 313 g/mol. The second-order valence-corrected chi connectivity index (χ2v) is 4.47. The van der Waals surface area contributed by atoms with Crippen LogP contribution in [-0.4, -0.2) is 22.3 Å². The van der Waals surface area contributed by atoms with Crippen LogP contribution in [0, 0.1) is 5.92 Å². The standard InChI is InChI=1S/C11H9F6N3O/c12-10(13,14)8(11(15,16)17)7(18)4-1-2-5-6(3-4)20-9(21)19-5/h1-3,7-8H,18H2,(H2,19,20,21). The van der Waals surface area contributed by atoms with Crippen LogP contribution < -0.4 is 11.4 Å². The molecule has 0 aliphatic carbocycles. The van der Waals surface area contributed by atoms with Gasteiger partial charge in [-0.05, 0) is 17.7 Å². The van der Waals surface area contributed by atoms with Crippen molar-refractivity contribution in [2.75, 3.05) is 0 Å². The maximum absolute atomic E-state index is 12.6. The third kappa shape index (κ3) is 3.04. The highest BCUT2D eigenvalue weighted by molar-refractivity contribution is 5.75. The predicted molar refractivity (Wildman–Crippen MR) is 61.4 cm³/mol. The van der Waals surface area contributed by atoms with Gasteiger partial charge in [0.25, 0.3) is 0 Å². The van der Waals surface area contributed by atoms with Crippen molar-refractivity contribution in [2.45, 2.75) is 18.4 Å². The lowest BCUT2D eigenvalue weighted by Crippen LogP contribution is -2.43. The van der Waals surface area contributed by atoms with Gasteiger partial charge < -0.3 is 15.7 Å². The van der Waals surface area contributed by atoms with Crippen molar-refractivity contribution in [1.29, 1.82) is 0 Å². The zero-order valence-electron chi connectivity index (χ0n) is 10.1. The molecule has 0 radical (unpaired) electrons. The molecule has 0 bridgehead atoms. The van der Waals surface area contributed by atoms with E-state index >= 15 is 0 Å². The molecule has 1 atom stereocenters. The second kappa shape index (κ2) is 4.79. The predicted octanol–water partition coefficient (Wildman–Crippen LogP) is 2.60. The van der Waals surface area contributed by atoms with E-state index in [9.17, 15) is 31.1 Å². The van der Waals surface area contributed by atoms with Gasteiger partial charge in [-0.1, -0.05) is 6.07 Å². The van der Waals surface area contributed by atoms with Gasteiger partial charge in [-0.25, -0.2) is 4.79 Å². The number of hydrogen-bond donors (Lipinski definition) is 3. The van der Waals surface area contributed by atoms with Crippen LogP contribution >= 0.6 is 0 Å². The van der Waals surface area contributed by atoms with Gasteiger partial charge in [0.1, 0.15) is 0 Å². The smallest absolute Gasteiger partial charge is 0.323 e. The Morgan fingerprint density at radius 2 is 1.48 bits per heavy atom. The lowest BCUT2D eigenvalue weighted by atomic mass is 9.92. The van der Waals surface area contributed by atoms with Gasteiger partial charge in [-0.15, -0.1) is 0 Å². The summed E-state index contributed by atoms with van der Waals surface area (Å²) in [6, 6.07) is 0.864. The largest absolute Gasteiger partial charge is 0.402 e. The number of imidazole rings is 1. The molecule has 0 spiro atoms. The molecule has 1 unspecified atom stereocenters. The minimum atomic E-state index is -5.53. The van der Waals surface area contributed by atoms with E-state index in [0.29, 0.717) is 0 Å². The summed E-state index contributed by atoms with van der Waals surface area (Å²) >= 11 is 0. The lowest BCUT2D eigenvalue weighted by Gasteiger charge is -2.28. The number of hydrogen-bond acceptors (Lipinski definition) is 2. The van der Waals surface area contributed by atoms with Crippen LogP contribution in [0.25, 0.3) is 11.0 Å². The number of H-pyrrole nitrogens is 2. The zero-order valence-corrected chi connectivity index (χ0v) is 10.1. The van der Waals surface area contributed by atoms with Crippen LogP contribution in [0.3, 0.4) is 0 Å². The van der Waals surface area contributed by atoms with Gasteiger partial charge in [0.2, 0.25) is 0 Å². The maximum atomic E-state index is 12.6. The van der Waals surface area contributed by atoms with Crippen molar-refractivity contribution in [3.8, 4) is 0 Å². The van der Waals surface area contributed by atoms with Crippen LogP contribution in [0.1, 0.15) is 11.6 Å². The molecule has 4 N–H and O–H groups in total. The Morgan fingerprint density at radius 1 is 0.952 bits per heavy atom. The van der Waals surface area contributed by atoms with Crippen molar-refractivity contribution in [3.05, 3.63) is 34.2 Å². The van der Waals surface area contributed by atoms with E-state index in [1.54, 1.807) is 0 Å². The summed E-state index contributed by atoms with van der Waals surface area (Å²) in [4.78, 5) is 15.6. The summed E-state index contributed by atoms with van der Waals surface area (Å²) < 4.78 is 75.6. The first-order valence-electron chi connectivity index (χ1n) is 5.61. The molecule has 0 aliphatic heterocycles. The highest BCUT2D eigenvalue weighted by Gasteiger charge is 2.59. The Kier molecular flexibility index (Phi) is 3.52. The fourth-order valence-corrected chi connectivity index (χ4v) is 2.04. The van der Waals surface area contributed by atoms with Crippen LogP contribution in [0.15, 0.2) is 23.0 Å². The third-order valence-electron chi connectivity index (χ3n) is 2.99. The number of nitrogens with two attached hydrogens (primary N) is 1. The minimum Gasteiger partial charge on any atom is -0.323 e. The Hall–Kier alpha value is -1.97. The van der Waals surface area contributed by atoms with Crippen molar-refractivity contribution in [1.82, 2.24) is 9.97 Å². The van der Waals surface area contributed by atoms with Crippen molar-refractivity contribution < 1.29 is 26.3 Å². The number of fused-ring (bicyclic) bond motifs is 1. The number of rotatable bonds is 2. The number of halogens is 6. The lowest BCUT2D eigenvalue weighted by molar-refractivity contribution is -0.290. The first kappa shape index (κ1) is 15.4. The molecule has 4 nitrogen and oxygen atoms in total. The molecule has 10 heteroatoms. The van der Waals surface area contributed by atoms with Crippen LogP contribution in [0.2, 0.25) is 0 Å². The Balaban J connectivity index is 2.47. The number of alkyl halides is 6. The average Bonchev–Trinajstić information content (AvgIpc) is 2.63. The molecule has 0 aliphatic rings. The zero-order chi connectivity index (χ0) is 16.0. The minimum absolute atomic E-state index is 0.0797. The van der Waals surface area contributed by atoms with Crippen LogP contribution in [0.5, 0.6) is 0 Å². The molecule has 0 saturated heterocycles. The van der Waals surface area contributed by atoms with Gasteiger partial charge in [0.15, 0.2) is 5.92 Å². The molecule has 0 amide bonds. The molecular formula is C11H9F6N3O. The number of nitrogens with one attached hydrogen (secondary N) is 2. The average molecular weight is 313 g/mol. The molecule has 1 aromatic heterocycles. The van der Waals surface area contributed by atoms with Crippen molar-refractivity contribution in [3.63, 3.8) is 0 Å². The van der Waals surface area contributed by atoms with Crippen LogP contribution in [-0.2, 0) is 0 Å². The second-order valence-electron chi connectivity index (χ2n) is 4.47. The normalized spacial score (nSPS) is 14.9. The highest BCUT2D eigenvalue weighted by Crippen LogP contribution is 2.45. The quantitative estimate of drug-likeness (QED) is 0.746. The summed E-state index contributed by atoms with van der Waals surface area (Å²) in [5, 5.41) is 0. The first-order valence-corrected chi connectivity index (χ1v) is 5.61. The fraction of sp³-hybridized carbons (Fsp3) is 0.364. The summed E-state index contributed by atoms with van der Waals surface area (Å²) in [5.74, 6) is -3.69. The van der Waals surface area contributed by atoms with Gasteiger partial charge in [0, 0.05) is 0 Å². The molecule has 21 heavy (non-hydrogen) atoms. The maximum Gasteiger partial charge on any atom is 0.402 e. The Labute approximate surface area is 112 Å². The van der Waals surface area contributed by atoms with E-state index in [0.717, 1.165) is 12.1 Å². The van der Waals surface area contributed by atoms with Crippen LogP contribution in [0.4, 0.5) is 26.3 Å². The fourth-order valence-electron chi connectivity index (χ4n) is 2.04. The molecule has 0 fully saturated rings. The summed E-state index contributed by atoms with van der Waals surface area (Å²) in [5.41, 5.74) is 4.50. The SMILES string of the molecule is NC(c1ccc2[nH]c(=O)[nH]c2c1)C(C(F)(F)F)C(F)(F)F. The summed E-state index contributed by atoms with van der Waals surface area (Å²) in [7, 11) is 0. The van der Waals surface area contributed by atoms with Gasteiger partial charge >= 0.3 is 18.0 Å². The number of aromatic amines is 2. The highest BCUT2D eigenvalue weighted by atomic mass is 19.4. The van der Waals surface area contributed by atoms with E-state index in [1.807, 2.05) is 0 Å². The molecule has 116 valence electrons. The third-order valence-corrected chi connectivity index (χ3v) is 2.99. The van der Waals surface area contributed by atoms with E-state index < -0.39 is 30.0 Å². The molecule has 1 heterocycles. The van der Waals surface area contributed by atoms with E-state index in [4.69, 9.17) is 5.73 Å². The summed E-state index contributed by atoms with van der Waals surface area (Å²) in [6.45, 7) is 0. The van der Waals surface area contributed by atoms with Crippen molar-refractivity contribution in [2.24, 2.45) is 11.7 Å². The van der Waals surface area contributed by atoms with E-state index in [-0.39, 0.29) is 16.6 Å². The van der Waals surface area contributed by atoms with Gasteiger partial charge in [-0.2, -0.15) is 26.3 Å². The van der Waals surface area contributed by atoms with E-state index in [2.05, 4.69) is 9.97 Å². The Morgan fingerprint density at radius 3 is 2.00 bits per heavy atom. The molecule has 1 aromatic carbocycles.